The topological polar surface area (TPSA) is 34.1 Å². The number of hydrazone groups is 1. The number of halogens is 2. The van der Waals surface area contributed by atoms with Gasteiger partial charge in [0.15, 0.2) is 0 Å². The second-order valence-corrected chi connectivity index (χ2v) is 8.00. The lowest BCUT2D eigenvalue weighted by Gasteiger charge is -2.38. The Kier molecular flexibility index (Phi) is 4.51. The third-order valence-corrected chi connectivity index (χ3v) is 5.80. The summed E-state index contributed by atoms with van der Waals surface area (Å²) in [5.74, 6) is 1.32. The van der Waals surface area contributed by atoms with Crippen molar-refractivity contribution in [2.24, 2.45) is 5.10 Å². The highest BCUT2D eigenvalue weighted by Gasteiger charge is 2.41. The van der Waals surface area contributed by atoms with Gasteiger partial charge in [-0.1, -0.05) is 28.1 Å². The largest absolute Gasteiger partial charge is 0.497 e. The normalized spacial score (nSPS) is 19.8. The van der Waals surface area contributed by atoms with Crippen LogP contribution in [0.25, 0.3) is 0 Å². The van der Waals surface area contributed by atoms with Crippen LogP contribution < -0.4 is 9.47 Å². The Morgan fingerprint density at radius 2 is 1.93 bits per heavy atom. The van der Waals surface area contributed by atoms with Gasteiger partial charge in [0.2, 0.25) is 6.23 Å². The monoisotopic (exact) mass is 452 g/mol. The number of rotatable bonds is 3. The SMILES string of the molecule is COc1ccc(C2=NN3[C@H](C2)c2cc(Br)ccc2O[C@@H]3c2cccc(F)c2)cc1. The summed E-state index contributed by atoms with van der Waals surface area (Å²) in [6.07, 6.45) is 0.255. The maximum absolute atomic E-state index is 13.9. The minimum Gasteiger partial charge on any atom is -0.497 e. The van der Waals surface area contributed by atoms with Crippen molar-refractivity contribution in [3.8, 4) is 11.5 Å². The van der Waals surface area contributed by atoms with E-state index in [1.165, 1.54) is 12.1 Å². The molecule has 2 atom stereocenters. The Labute approximate surface area is 176 Å². The second-order valence-electron chi connectivity index (χ2n) is 7.08. The number of hydrogen-bond acceptors (Lipinski definition) is 4. The van der Waals surface area contributed by atoms with Gasteiger partial charge in [0.25, 0.3) is 0 Å². The van der Waals surface area contributed by atoms with Gasteiger partial charge < -0.3 is 9.47 Å². The summed E-state index contributed by atoms with van der Waals surface area (Å²) in [5, 5.41) is 6.85. The van der Waals surface area contributed by atoms with Crippen molar-refractivity contribution in [2.75, 3.05) is 7.11 Å². The van der Waals surface area contributed by atoms with Gasteiger partial charge in [0, 0.05) is 22.0 Å². The van der Waals surface area contributed by atoms with E-state index in [2.05, 4.69) is 22.0 Å². The number of fused-ring (bicyclic) bond motifs is 3. The van der Waals surface area contributed by atoms with Crippen LogP contribution in [0.5, 0.6) is 11.5 Å². The van der Waals surface area contributed by atoms with Gasteiger partial charge in [-0.25, -0.2) is 9.40 Å². The molecule has 5 rings (SSSR count). The Hall–Kier alpha value is -2.86. The molecule has 0 unspecified atom stereocenters. The number of nitrogens with zero attached hydrogens (tertiary/aromatic N) is 2. The molecule has 0 saturated heterocycles. The van der Waals surface area contributed by atoms with Gasteiger partial charge in [-0.15, -0.1) is 0 Å². The molecular weight excluding hydrogens is 435 g/mol. The van der Waals surface area contributed by atoms with E-state index in [1.54, 1.807) is 13.2 Å². The predicted molar refractivity (Wildman–Crippen MR) is 113 cm³/mol. The zero-order chi connectivity index (χ0) is 20.0. The molecule has 29 heavy (non-hydrogen) atoms. The first kappa shape index (κ1) is 18.2. The molecule has 0 fully saturated rings. The third kappa shape index (κ3) is 3.27. The van der Waals surface area contributed by atoms with Crippen LogP contribution in [0.3, 0.4) is 0 Å². The number of methoxy groups -OCH3 is 1. The maximum atomic E-state index is 13.9. The molecule has 2 heterocycles. The molecule has 2 aliphatic heterocycles. The first-order valence-corrected chi connectivity index (χ1v) is 10.1. The summed E-state index contributed by atoms with van der Waals surface area (Å²) < 4.78 is 26.4. The molecule has 0 radical (unpaired) electrons. The molecule has 3 aromatic carbocycles. The van der Waals surface area contributed by atoms with E-state index >= 15 is 0 Å². The van der Waals surface area contributed by atoms with Gasteiger partial charge in [0.1, 0.15) is 17.3 Å². The minimum absolute atomic E-state index is 0.0154. The van der Waals surface area contributed by atoms with Crippen molar-refractivity contribution in [3.05, 3.63) is 93.7 Å². The standard InChI is InChI=1S/C23H18BrFN2O2/c1-28-18-8-5-14(6-9-18)20-13-21-19-12-16(24)7-10-22(19)29-23(27(21)26-20)15-3-2-4-17(25)11-15/h2-12,21,23H,13H2,1H3/t21-,23-/m1/s1. The molecule has 146 valence electrons. The van der Waals surface area contributed by atoms with E-state index in [0.29, 0.717) is 0 Å². The number of benzene rings is 3. The maximum Gasteiger partial charge on any atom is 0.213 e. The van der Waals surface area contributed by atoms with Crippen LogP contribution in [0, 0.1) is 5.82 Å². The molecule has 0 saturated carbocycles. The minimum atomic E-state index is -0.486. The van der Waals surface area contributed by atoms with E-state index in [4.69, 9.17) is 14.6 Å². The fourth-order valence-electron chi connectivity index (χ4n) is 3.90. The fraction of sp³-hybridized carbons (Fsp3) is 0.174. The first-order chi connectivity index (χ1) is 14.1. The molecule has 6 heteroatoms. The Bertz CT molecular complexity index is 1100. The molecule has 0 bridgehead atoms. The van der Waals surface area contributed by atoms with E-state index in [1.807, 2.05) is 47.5 Å². The van der Waals surface area contributed by atoms with E-state index < -0.39 is 6.23 Å². The number of hydrogen-bond donors (Lipinski definition) is 0. The van der Waals surface area contributed by atoms with Crippen molar-refractivity contribution < 1.29 is 13.9 Å². The van der Waals surface area contributed by atoms with Crippen LogP contribution in [0.2, 0.25) is 0 Å². The van der Waals surface area contributed by atoms with E-state index in [-0.39, 0.29) is 11.9 Å². The lowest BCUT2D eigenvalue weighted by Crippen LogP contribution is -2.33. The van der Waals surface area contributed by atoms with Gasteiger partial charge in [-0.2, -0.15) is 5.10 Å². The van der Waals surface area contributed by atoms with E-state index in [0.717, 1.165) is 44.8 Å². The van der Waals surface area contributed by atoms with Gasteiger partial charge in [0.05, 0.1) is 18.9 Å². The van der Waals surface area contributed by atoms with Crippen LogP contribution in [-0.2, 0) is 0 Å². The quantitative estimate of drug-likeness (QED) is 0.500. The predicted octanol–water partition coefficient (Wildman–Crippen LogP) is 5.84. The molecule has 0 amide bonds. The smallest absolute Gasteiger partial charge is 0.213 e. The summed E-state index contributed by atoms with van der Waals surface area (Å²) in [6, 6.07) is 20.4. The highest BCUT2D eigenvalue weighted by molar-refractivity contribution is 9.10. The third-order valence-electron chi connectivity index (χ3n) is 5.31. The highest BCUT2D eigenvalue weighted by atomic mass is 79.9. The van der Waals surface area contributed by atoms with Crippen LogP contribution in [0.1, 0.15) is 35.4 Å². The Morgan fingerprint density at radius 3 is 2.69 bits per heavy atom. The summed E-state index contributed by atoms with van der Waals surface area (Å²) in [4.78, 5) is 0. The lowest BCUT2D eigenvalue weighted by atomic mass is 9.96. The molecule has 0 aliphatic carbocycles. The summed E-state index contributed by atoms with van der Waals surface area (Å²) in [5.41, 5.74) is 3.81. The molecule has 4 nitrogen and oxygen atoms in total. The molecule has 3 aromatic rings. The zero-order valence-corrected chi connectivity index (χ0v) is 17.3. The van der Waals surface area contributed by atoms with Gasteiger partial charge in [-0.05, 0) is 60.2 Å². The van der Waals surface area contributed by atoms with Crippen LogP contribution in [0.15, 0.2) is 76.3 Å². The van der Waals surface area contributed by atoms with Crippen molar-refractivity contribution >= 4 is 21.6 Å². The summed E-state index contributed by atoms with van der Waals surface area (Å²) >= 11 is 3.56. The van der Waals surface area contributed by atoms with Crippen molar-refractivity contribution in [2.45, 2.75) is 18.7 Å². The number of ether oxygens (including phenoxy) is 2. The fourth-order valence-corrected chi connectivity index (χ4v) is 4.27. The lowest BCUT2D eigenvalue weighted by molar-refractivity contribution is -0.0192. The average molecular weight is 453 g/mol. The van der Waals surface area contributed by atoms with Crippen LogP contribution in [0.4, 0.5) is 4.39 Å². The molecular formula is C23H18BrFN2O2. The van der Waals surface area contributed by atoms with E-state index in [9.17, 15) is 4.39 Å². The van der Waals surface area contributed by atoms with Crippen molar-refractivity contribution in [1.82, 2.24) is 5.01 Å². The molecule has 0 spiro atoms. The van der Waals surface area contributed by atoms with Crippen molar-refractivity contribution in [3.63, 3.8) is 0 Å². The average Bonchev–Trinajstić information content (AvgIpc) is 3.19. The molecule has 2 aliphatic rings. The summed E-state index contributed by atoms with van der Waals surface area (Å²) in [6.45, 7) is 0. The molecule has 0 N–H and O–H groups in total. The first-order valence-electron chi connectivity index (χ1n) is 9.34. The van der Waals surface area contributed by atoms with Crippen LogP contribution >= 0.6 is 15.9 Å². The highest BCUT2D eigenvalue weighted by Crippen LogP contribution is 2.48. The van der Waals surface area contributed by atoms with Gasteiger partial charge >= 0.3 is 0 Å². The molecule has 0 aromatic heterocycles. The van der Waals surface area contributed by atoms with Crippen LogP contribution in [-0.4, -0.2) is 17.8 Å². The second kappa shape index (κ2) is 7.19. The van der Waals surface area contributed by atoms with Gasteiger partial charge in [-0.3, -0.25) is 0 Å². The summed E-state index contributed by atoms with van der Waals surface area (Å²) in [7, 11) is 1.65. The Morgan fingerprint density at radius 1 is 1.10 bits per heavy atom. The van der Waals surface area contributed by atoms with Crippen molar-refractivity contribution in [1.29, 1.82) is 0 Å². The Balaban J connectivity index is 1.58. The zero-order valence-electron chi connectivity index (χ0n) is 15.7.